The van der Waals surface area contributed by atoms with Crippen molar-refractivity contribution >= 4 is 17.6 Å². The Kier molecular flexibility index (Phi) is 4.09. The third-order valence-electron chi connectivity index (χ3n) is 2.59. The van der Waals surface area contributed by atoms with E-state index in [4.69, 9.17) is 16.3 Å². The van der Waals surface area contributed by atoms with E-state index in [-0.39, 0.29) is 5.97 Å². The first-order valence-corrected chi connectivity index (χ1v) is 6.73. The SMILES string of the molecule is CC(C)(C)OC(=O)c1ccc(-[n+]2ccc(Cl)cc2)cc1. The van der Waals surface area contributed by atoms with Crippen LogP contribution in [0.15, 0.2) is 48.8 Å². The fraction of sp³-hybridized carbons (Fsp3) is 0.250. The molecule has 0 bridgehead atoms. The lowest BCUT2D eigenvalue weighted by Crippen LogP contribution is -2.29. The van der Waals surface area contributed by atoms with Gasteiger partial charge in [0.15, 0.2) is 12.4 Å². The summed E-state index contributed by atoms with van der Waals surface area (Å²) < 4.78 is 7.24. The molecule has 2 rings (SSSR count). The summed E-state index contributed by atoms with van der Waals surface area (Å²) in [4.78, 5) is 11.9. The van der Waals surface area contributed by atoms with Crippen LogP contribution in [-0.4, -0.2) is 11.6 Å². The van der Waals surface area contributed by atoms with Crippen molar-refractivity contribution < 1.29 is 14.1 Å². The number of halogens is 1. The third-order valence-corrected chi connectivity index (χ3v) is 2.84. The number of carbonyl (C=O) groups is 1. The van der Waals surface area contributed by atoms with Crippen molar-refractivity contribution in [2.24, 2.45) is 0 Å². The minimum Gasteiger partial charge on any atom is -0.456 e. The molecule has 0 saturated carbocycles. The monoisotopic (exact) mass is 290 g/mol. The number of nitrogens with zero attached hydrogens (tertiary/aromatic N) is 1. The highest BCUT2D eigenvalue weighted by atomic mass is 35.5. The van der Waals surface area contributed by atoms with Crippen molar-refractivity contribution in [2.45, 2.75) is 26.4 Å². The molecule has 1 aromatic carbocycles. The lowest BCUT2D eigenvalue weighted by Gasteiger charge is -2.19. The Labute approximate surface area is 123 Å². The molecule has 0 aliphatic carbocycles. The van der Waals surface area contributed by atoms with Gasteiger partial charge in [0.2, 0.25) is 5.69 Å². The van der Waals surface area contributed by atoms with Crippen molar-refractivity contribution in [1.82, 2.24) is 0 Å². The highest BCUT2D eigenvalue weighted by Gasteiger charge is 2.18. The molecular weight excluding hydrogens is 274 g/mol. The first-order valence-electron chi connectivity index (χ1n) is 6.36. The Balaban J connectivity index is 2.18. The summed E-state index contributed by atoms with van der Waals surface area (Å²) in [6, 6.07) is 10.9. The van der Waals surface area contributed by atoms with E-state index in [2.05, 4.69) is 0 Å². The summed E-state index contributed by atoms with van der Waals surface area (Å²) >= 11 is 5.85. The molecule has 0 amide bonds. The Hall–Kier alpha value is -1.87. The molecule has 0 N–H and O–H groups in total. The van der Waals surface area contributed by atoms with Gasteiger partial charge in [-0.15, -0.1) is 0 Å². The van der Waals surface area contributed by atoms with Gasteiger partial charge in [0.25, 0.3) is 0 Å². The highest BCUT2D eigenvalue weighted by molar-refractivity contribution is 6.30. The summed E-state index contributed by atoms with van der Waals surface area (Å²) in [6.45, 7) is 5.55. The average Bonchev–Trinajstić information content (AvgIpc) is 2.38. The van der Waals surface area contributed by atoms with Crippen LogP contribution in [0.1, 0.15) is 31.1 Å². The molecule has 1 aromatic heterocycles. The van der Waals surface area contributed by atoms with Crippen LogP contribution in [0.25, 0.3) is 5.69 Å². The van der Waals surface area contributed by atoms with Gasteiger partial charge in [-0.1, -0.05) is 11.6 Å². The number of benzene rings is 1. The van der Waals surface area contributed by atoms with Crippen LogP contribution < -0.4 is 4.57 Å². The van der Waals surface area contributed by atoms with Gasteiger partial charge >= 0.3 is 5.97 Å². The second kappa shape index (κ2) is 5.63. The van der Waals surface area contributed by atoms with Gasteiger partial charge in [-0.05, 0) is 32.9 Å². The van der Waals surface area contributed by atoms with Crippen molar-refractivity contribution in [3.63, 3.8) is 0 Å². The van der Waals surface area contributed by atoms with Crippen LogP contribution in [0, 0.1) is 0 Å². The number of esters is 1. The second-order valence-corrected chi connectivity index (χ2v) is 5.91. The lowest BCUT2D eigenvalue weighted by molar-refractivity contribution is -0.595. The van der Waals surface area contributed by atoms with Crippen LogP contribution >= 0.6 is 11.6 Å². The molecular formula is C16H17ClNO2+. The number of hydrogen-bond donors (Lipinski definition) is 0. The number of aromatic nitrogens is 1. The van der Waals surface area contributed by atoms with E-state index in [0.717, 1.165) is 5.69 Å². The van der Waals surface area contributed by atoms with E-state index < -0.39 is 5.60 Å². The van der Waals surface area contributed by atoms with Crippen LogP contribution in [0.4, 0.5) is 0 Å². The predicted molar refractivity (Wildman–Crippen MR) is 78.2 cm³/mol. The average molecular weight is 291 g/mol. The van der Waals surface area contributed by atoms with Gasteiger partial charge in [0, 0.05) is 24.3 Å². The molecule has 3 nitrogen and oxygen atoms in total. The largest absolute Gasteiger partial charge is 0.456 e. The smallest absolute Gasteiger partial charge is 0.338 e. The molecule has 1 heterocycles. The van der Waals surface area contributed by atoms with E-state index in [1.165, 1.54) is 0 Å². The number of hydrogen-bond acceptors (Lipinski definition) is 2. The molecule has 0 aliphatic rings. The number of ether oxygens (including phenoxy) is 1. The molecule has 0 spiro atoms. The minimum absolute atomic E-state index is 0.315. The second-order valence-electron chi connectivity index (χ2n) is 5.47. The fourth-order valence-corrected chi connectivity index (χ4v) is 1.80. The summed E-state index contributed by atoms with van der Waals surface area (Å²) in [5, 5.41) is 0.687. The van der Waals surface area contributed by atoms with Gasteiger partial charge in [-0.2, -0.15) is 4.57 Å². The molecule has 0 radical (unpaired) electrons. The molecule has 2 aromatic rings. The first kappa shape index (κ1) is 14.5. The summed E-state index contributed by atoms with van der Waals surface area (Å²) in [5.74, 6) is -0.315. The normalized spacial score (nSPS) is 11.2. The fourth-order valence-electron chi connectivity index (χ4n) is 1.69. The zero-order valence-electron chi connectivity index (χ0n) is 11.8. The van der Waals surface area contributed by atoms with Crippen molar-refractivity contribution in [3.05, 3.63) is 59.4 Å². The van der Waals surface area contributed by atoms with E-state index in [0.29, 0.717) is 10.6 Å². The van der Waals surface area contributed by atoms with Crippen molar-refractivity contribution in [2.75, 3.05) is 0 Å². The zero-order valence-corrected chi connectivity index (χ0v) is 12.5. The maximum atomic E-state index is 11.9. The topological polar surface area (TPSA) is 30.2 Å². The number of rotatable bonds is 2. The molecule has 104 valence electrons. The maximum Gasteiger partial charge on any atom is 0.338 e. The lowest BCUT2D eigenvalue weighted by atomic mass is 10.1. The molecule has 4 heteroatoms. The van der Waals surface area contributed by atoms with Crippen LogP contribution in [-0.2, 0) is 4.74 Å². The zero-order chi connectivity index (χ0) is 14.8. The number of pyridine rings is 1. The van der Waals surface area contributed by atoms with Gasteiger partial charge < -0.3 is 4.74 Å². The van der Waals surface area contributed by atoms with E-state index >= 15 is 0 Å². The Bertz CT molecular complexity index is 598. The Morgan fingerprint density at radius 3 is 2.10 bits per heavy atom. The van der Waals surface area contributed by atoms with Gasteiger partial charge in [0.05, 0.1) is 10.6 Å². The maximum absolute atomic E-state index is 11.9. The molecule has 20 heavy (non-hydrogen) atoms. The Morgan fingerprint density at radius 2 is 1.60 bits per heavy atom. The molecule has 0 unspecified atom stereocenters. The quantitative estimate of drug-likeness (QED) is 0.625. The van der Waals surface area contributed by atoms with E-state index in [9.17, 15) is 4.79 Å². The summed E-state index contributed by atoms with van der Waals surface area (Å²) in [5.41, 5.74) is 1.01. The first-order chi connectivity index (χ1) is 9.35. The van der Waals surface area contributed by atoms with E-state index in [1.54, 1.807) is 12.1 Å². The standard InChI is InChI=1S/C16H17ClNO2/c1-16(2,3)20-15(19)12-4-6-14(7-5-12)18-10-8-13(17)9-11-18/h4-11H,1-3H3/q+1. The van der Waals surface area contributed by atoms with Gasteiger partial charge in [0.1, 0.15) is 5.60 Å². The van der Waals surface area contributed by atoms with Crippen molar-refractivity contribution in [1.29, 1.82) is 0 Å². The van der Waals surface area contributed by atoms with Crippen LogP contribution in [0.3, 0.4) is 0 Å². The van der Waals surface area contributed by atoms with Crippen LogP contribution in [0.5, 0.6) is 0 Å². The molecule has 0 aliphatic heterocycles. The molecule has 0 saturated heterocycles. The molecule has 0 fully saturated rings. The minimum atomic E-state index is -0.485. The van der Waals surface area contributed by atoms with Gasteiger partial charge in [-0.3, -0.25) is 0 Å². The molecule has 0 atom stereocenters. The summed E-state index contributed by atoms with van der Waals surface area (Å²) in [6.07, 6.45) is 3.73. The van der Waals surface area contributed by atoms with Crippen LogP contribution in [0.2, 0.25) is 5.02 Å². The van der Waals surface area contributed by atoms with Crippen molar-refractivity contribution in [3.8, 4) is 5.69 Å². The predicted octanol–water partition coefficient (Wildman–Crippen LogP) is 3.57. The Morgan fingerprint density at radius 1 is 1.05 bits per heavy atom. The van der Waals surface area contributed by atoms with Gasteiger partial charge in [-0.25, -0.2) is 4.79 Å². The highest BCUT2D eigenvalue weighted by Crippen LogP contribution is 2.13. The summed E-state index contributed by atoms with van der Waals surface area (Å²) in [7, 11) is 0. The number of carbonyl (C=O) groups excluding carboxylic acids is 1. The van der Waals surface area contributed by atoms with E-state index in [1.807, 2.05) is 62.0 Å². The third kappa shape index (κ3) is 3.81.